The molecule has 12 heavy (non-hydrogen) atoms. The van der Waals surface area contributed by atoms with Gasteiger partial charge in [-0.1, -0.05) is 18.2 Å². The minimum atomic E-state index is -0.0433. The van der Waals surface area contributed by atoms with Crippen LogP contribution in [0.25, 0.3) is 0 Å². The van der Waals surface area contributed by atoms with E-state index in [9.17, 15) is 4.79 Å². The van der Waals surface area contributed by atoms with Gasteiger partial charge in [0.25, 0.3) is 0 Å². The normalized spacial score (nSPS) is 9.42. The van der Waals surface area contributed by atoms with Crippen molar-refractivity contribution < 1.29 is 4.79 Å². The molecule has 0 aliphatic carbocycles. The molecule has 0 radical (unpaired) electrons. The summed E-state index contributed by atoms with van der Waals surface area (Å²) in [5.74, 6) is -0.0433. The van der Waals surface area contributed by atoms with E-state index in [1.54, 1.807) is 0 Å². The standard InChI is InChI=1S/C9H12N2O/c1-7(12)11-6-8-4-2-3-5-9(8)10/h2-5H,6,10H2,1H3,(H,11,12). The molecule has 0 aromatic heterocycles. The zero-order chi connectivity index (χ0) is 8.97. The van der Waals surface area contributed by atoms with Crippen molar-refractivity contribution in [3.63, 3.8) is 0 Å². The number of para-hydroxylation sites is 1. The SMILES string of the molecule is CC(=O)NCc1ccccc1N. The Morgan fingerprint density at radius 2 is 2.17 bits per heavy atom. The van der Waals surface area contributed by atoms with Gasteiger partial charge in [0.2, 0.25) is 5.91 Å². The molecule has 1 aromatic rings. The number of anilines is 1. The molecule has 0 unspecified atom stereocenters. The van der Waals surface area contributed by atoms with Crippen LogP contribution in [0.1, 0.15) is 12.5 Å². The summed E-state index contributed by atoms with van der Waals surface area (Å²) >= 11 is 0. The lowest BCUT2D eigenvalue weighted by Gasteiger charge is -2.04. The van der Waals surface area contributed by atoms with Crippen molar-refractivity contribution in [3.8, 4) is 0 Å². The van der Waals surface area contributed by atoms with Crippen LogP contribution >= 0.6 is 0 Å². The molecule has 3 N–H and O–H groups in total. The van der Waals surface area contributed by atoms with Gasteiger partial charge in [0.05, 0.1) is 0 Å². The van der Waals surface area contributed by atoms with Crippen LogP contribution in [0.3, 0.4) is 0 Å². The minimum Gasteiger partial charge on any atom is -0.398 e. The van der Waals surface area contributed by atoms with Crippen molar-refractivity contribution in [2.24, 2.45) is 0 Å². The molecule has 3 heteroatoms. The fourth-order valence-corrected chi connectivity index (χ4v) is 0.915. The van der Waals surface area contributed by atoms with E-state index in [1.807, 2.05) is 24.3 Å². The Morgan fingerprint density at radius 1 is 1.50 bits per heavy atom. The molecule has 0 bridgehead atoms. The molecule has 1 aromatic carbocycles. The highest BCUT2D eigenvalue weighted by Crippen LogP contribution is 2.09. The van der Waals surface area contributed by atoms with Crippen LogP contribution in [0.15, 0.2) is 24.3 Å². The van der Waals surface area contributed by atoms with Gasteiger partial charge in [-0.15, -0.1) is 0 Å². The number of amides is 1. The zero-order valence-corrected chi connectivity index (χ0v) is 7.00. The predicted octanol–water partition coefficient (Wildman–Crippen LogP) is 0.905. The van der Waals surface area contributed by atoms with E-state index in [1.165, 1.54) is 6.92 Å². The molecule has 64 valence electrons. The van der Waals surface area contributed by atoms with Gasteiger partial charge in [-0.3, -0.25) is 4.79 Å². The molecule has 0 fully saturated rings. The van der Waals surface area contributed by atoms with E-state index >= 15 is 0 Å². The van der Waals surface area contributed by atoms with Gasteiger partial charge >= 0.3 is 0 Å². The minimum absolute atomic E-state index is 0.0433. The molecule has 0 saturated heterocycles. The van der Waals surface area contributed by atoms with E-state index in [-0.39, 0.29) is 5.91 Å². The van der Waals surface area contributed by atoms with Gasteiger partial charge in [0.15, 0.2) is 0 Å². The Balaban J connectivity index is 2.63. The molecular weight excluding hydrogens is 152 g/mol. The van der Waals surface area contributed by atoms with Crippen molar-refractivity contribution in [2.75, 3.05) is 5.73 Å². The monoisotopic (exact) mass is 164 g/mol. The topological polar surface area (TPSA) is 55.1 Å². The Hall–Kier alpha value is -1.51. The second-order valence-corrected chi connectivity index (χ2v) is 2.61. The molecule has 1 amide bonds. The Labute approximate surface area is 71.6 Å². The lowest BCUT2D eigenvalue weighted by atomic mass is 10.2. The summed E-state index contributed by atoms with van der Waals surface area (Å²) in [5, 5.41) is 2.68. The van der Waals surface area contributed by atoms with E-state index in [0.717, 1.165) is 5.56 Å². The number of nitrogen functional groups attached to an aromatic ring is 1. The van der Waals surface area contributed by atoms with Gasteiger partial charge in [-0.2, -0.15) is 0 Å². The Bertz CT molecular complexity index is 284. The summed E-state index contributed by atoms with van der Waals surface area (Å²) in [5.41, 5.74) is 7.32. The van der Waals surface area contributed by atoms with Crippen LogP contribution in [0.5, 0.6) is 0 Å². The predicted molar refractivity (Wildman–Crippen MR) is 48.4 cm³/mol. The van der Waals surface area contributed by atoms with Crippen LogP contribution < -0.4 is 11.1 Å². The molecule has 0 atom stereocenters. The average Bonchev–Trinajstić information content (AvgIpc) is 2.03. The number of benzene rings is 1. The Kier molecular flexibility index (Phi) is 2.69. The largest absolute Gasteiger partial charge is 0.398 e. The highest BCUT2D eigenvalue weighted by molar-refractivity contribution is 5.73. The first-order valence-electron chi connectivity index (χ1n) is 3.78. The molecule has 3 nitrogen and oxygen atoms in total. The highest BCUT2D eigenvalue weighted by atomic mass is 16.1. The van der Waals surface area contributed by atoms with Gasteiger partial charge < -0.3 is 11.1 Å². The van der Waals surface area contributed by atoms with Crippen LogP contribution in [0.2, 0.25) is 0 Å². The summed E-state index contributed by atoms with van der Waals surface area (Å²) in [6, 6.07) is 7.47. The average molecular weight is 164 g/mol. The number of rotatable bonds is 2. The summed E-state index contributed by atoms with van der Waals surface area (Å²) < 4.78 is 0. The van der Waals surface area contributed by atoms with Crippen molar-refractivity contribution in [1.29, 1.82) is 0 Å². The van der Waals surface area contributed by atoms with Crippen LogP contribution in [-0.4, -0.2) is 5.91 Å². The van der Waals surface area contributed by atoms with Gasteiger partial charge in [0, 0.05) is 19.2 Å². The summed E-state index contributed by atoms with van der Waals surface area (Å²) in [4.78, 5) is 10.6. The fourth-order valence-electron chi connectivity index (χ4n) is 0.915. The van der Waals surface area contributed by atoms with E-state index in [4.69, 9.17) is 5.73 Å². The maximum absolute atomic E-state index is 10.6. The number of carbonyl (C=O) groups excluding carboxylic acids is 1. The summed E-state index contributed by atoms with van der Waals surface area (Å²) in [6.45, 7) is 1.99. The number of carbonyl (C=O) groups is 1. The molecule has 0 aliphatic heterocycles. The number of hydrogen-bond donors (Lipinski definition) is 2. The van der Waals surface area contributed by atoms with E-state index in [2.05, 4.69) is 5.32 Å². The van der Waals surface area contributed by atoms with E-state index in [0.29, 0.717) is 12.2 Å². The summed E-state index contributed by atoms with van der Waals surface area (Å²) in [7, 11) is 0. The van der Waals surface area contributed by atoms with Gasteiger partial charge in [-0.05, 0) is 11.6 Å². The first-order valence-corrected chi connectivity index (χ1v) is 3.78. The third kappa shape index (κ3) is 2.27. The quantitative estimate of drug-likeness (QED) is 0.638. The van der Waals surface area contributed by atoms with Crippen LogP contribution in [0.4, 0.5) is 5.69 Å². The van der Waals surface area contributed by atoms with Crippen molar-refractivity contribution in [3.05, 3.63) is 29.8 Å². The second kappa shape index (κ2) is 3.76. The van der Waals surface area contributed by atoms with Crippen LogP contribution in [-0.2, 0) is 11.3 Å². The number of nitrogens with one attached hydrogen (secondary N) is 1. The molecule has 0 aliphatic rings. The van der Waals surface area contributed by atoms with Crippen LogP contribution in [0, 0.1) is 0 Å². The third-order valence-corrected chi connectivity index (χ3v) is 1.58. The lowest BCUT2D eigenvalue weighted by Crippen LogP contribution is -2.19. The lowest BCUT2D eigenvalue weighted by molar-refractivity contribution is -0.119. The number of nitrogens with two attached hydrogens (primary N) is 1. The van der Waals surface area contributed by atoms with Crippen molar-refractivity contribution >= 4 is 11.6 Å². The maximum Gasteiger partial charge on any atom is 0.217 e. The first kappa shape index (κ1) is 8.59. The number of hydrogen-bond acceptors (Lipinski definition) is 2. The second-order valence-electron chi connectivity index (χ2n) is 2.61. The summed E-state index contributed by atoms with van der Waals surface area (Å²) in [6.07, 6.45) is 0. The smallest absolute Gasteiger partial charge is 0.217 e. The third-order valence-electron chi connectivity index (χ3n) is 1.58. The first-order chi connectivity index (χ1) is 5.70. The van der Waals surface area contributed by atoms with E-state index < -0.39 is 0 Å². The van der Waals surface area contributed by atoms with Crippen molar-refractivity contribution in [2.45, 2.75) is 13.5 Å². The maximum atomic E-state index is 10.6. The Morgan fingerprint density at radius 3 is 2.75 bits per heavy atom. The molecule has 0 heterocycles. The van der Waals surface area contributed by atoms with Gasteiger partial charge in [-0.25, -0.2) is 0 Å². The molecule has 1 rings (SSSR count). The molecule has 0 spiro atoms. The van der Waals surface area contributed by atoms with Gasteiger partial charge in [0.1, 0.15) is 0 Å². The molecule has 0 saturated carbocycles. The van der Waals surface area contributed by atoms with Crippen molar-refractivity contribution in [1.82, 2.24) is 5.32 Å². The highest BCUT2D eigenvalue weighted by Gasteiger charge is 1.97. The fraction of sp³-hybridized carbons (Fsp3) is 0.222. The zero-order valence-electron chi connectivity index (χ0n) is 7.00. The molecular formula is C9H12N2O.